The molecule has 0 aliphatic heterocycles. The van der Waals surface area contributed by atoms with Crippen LogP contribution in [0.2, 0.25) is 0 Å². The third-order valence-corrected chi connectivity index (χ3v) is 4.64. The molecule has 0 aliphatic rings. The number of aromatic nitrogens is 4. The third kappa shape index (κ3) is 6.49. The molecule has 3 N–H and O–H groups in total. The Morgan fingerprint density at radius 2 is 1.82 bits per heavy atom. The van der Waals surface area contributed by atoms with Crippen molar-refractivity contribution in [3.63, 3.8) is 0 Å². The highest BCUT2D eigenvalue weighted by Crippen LogP contribution is 2.30. The van der Waals surface area contributed by atoms with Crippen LogP contribution < -0.4 is 14.8 Å². The predicted molar refractivity (Wildman–Crippen MR) is 122 cm³/mol. The van der Waals surface area contributed by atoms with Crippen LogP contribution in [0.4, 0.5) is 0 Å². The van der Waals surface area contributed by atoms with E-state index >= 15 is 0 Å². The highest BCUT2D eigenvalue weighted by molar-refractivity contribution is 5.76. The van der Waals surface area contributed by atoms with Crippen molar-refractivity contribution in [2.75, 3.05) is 19.8 Å². The number of amides is 1. The van der Waals surface area contributed by atoms with Crippen molar-refractivity contribution in [3.05, 3.63) is 35.0 Å². The fourth-order valence-electron chi connectivity index (χ4n) is 3.19. The molecule has 0 fully saturated rings. The van der Waals surface area contributed by atoms with Crippen LogP contribution in [0.3, 0.4) is 0 Å². The Bertz CT molecular complexity index is 1120. The zero-order valence-corrected chi connectivity index (χ0v) is 19.8. The average molecular weight is 472 g/mol. The number of ether oxygens (including phenoxy) is 2. The fraction of sp³-hybridized carbons (Fsp3) is 0.435. The number of rotatable bonds is 10. The maximum atomic E-state index is 11.1. The molecule has 2 aromatic heterocycles. The van der Waals surface area contributed by atoms with E-state index < -0.39 is 18.6 Å². The zero-order chi connectivity index (χ0) is 24.8. The van der Waals surface area contributed by atoms with Crippen molar-refractivity contribution in [2.24, 2.45) is 0 Å². The van der Waals surface area contributed by atoms with Crippen LogP contribution in [0.15, 0.2) is 22.7 Å². The zero-order valence-electron chi connectivity index (χ0n) is 19.8. The van der Waals surface area contributed by atoms with Gasteiger partial charge in [-0.05, 0) is 63.9 Å². The largest absolute Gasteiger partial charge is 0.490 e. The number of benzene rings is 1. The van der Waals surface area contributed by atoms with E-state index in [1.165, 1.54) is 0 Å². The van der Waals surface area contributed by atoms with Crippen molar-refractivity contribution >= 4 is 5.91 Å². The molecule has 0 unspecified atom stereocenters. The lowest BCUT2D eigenvalue weighted by molar-refractivity contribution is -0.124. The maximum Gasteiger partial charge on any atom is 0.317 e. The van der Waals surface area contributed by atoms with E-state index in [4.69, 9.17) is 19.1 Å². The lowest BCUT2D eigenvalue weighted by Gasteiger charge is -2.16. The summed E-state index contributed by atoms with van der Waals surface area (Å²) >= 11 is 0. The van der Waals surface area contributed by atoms with Crippen LogP contribution in [0.1, 0.15) is 30.7 Å². The Morgan fingerprint density at radius 3 is 2.47 bits per heavy atom. The molecule has 34 heavy (non-hydrogen) atoms. The summed E-state index contributed by atoms with van der Waals surface area (Å²) < 4.78 is 16.8. The summed E-state index contributed by atoms with van der Waals surface area (Å²) in [5.74, 6) is 0.692. The Hall–Kier alpha value is -3.57. The SMILES string of the molecule is Cc1cc(-c2nc(-c3cc(C)c(OC[C@H](O)CNC(=O)CO)c(C)c3)no2)nc(OC(C)C)n1. The summed E-state index contributed by atoms with van der Waals surface area (Å²) in [5, 5.41) is 25.2. The molecule has 2 heterocycles. The van der Waals surface area contributed by atoms with Gasteiger partial charge in [-0.3, -0.25) is 4.79 Å². The fourth-order valence-corrected chi connectivity index (χ4v) is 3.19. The average Bonchev–Trinajstić information content (AvgIpc) is 3.26. The first-order valence-corrected chi connectivity index (χ1v) is 10.8. The van der Waals surface area contributed by atoms with E-state index in [0.717, 1.165) is 16.7 Å². The van der Waals surface area contributed by atoms with Gasteiger partial charge in [0.2, 0.25) is 11.7 Å². The Balaban J connectivity index is 1.75. The number of aryl methyl sites for hydroxylation is 3. The lowest BCUT2D eigenvalue weighted by atomic mass is 10.1. The molecule has 0 bridgehead atoms. The molecule has 1 aromatic carbocycles. The Kier molecular flexibility index (Phi) is 8.13. The predicted octanol–water partition coefficient (Wildman–Crippen LogP) is 1.75. The van der Waals surface area contributed by atoms with Crippen molar-refractivity contribution in [3.8, 4) is 34.7 Å². The summed E-state index contributed by atoms with van der Waals surface area (Å²) in [6.07, 6.45) is -0.991. The van der Waals surface area contributed by atoms with E-state index in [1.807, 2.05) is 46.8 Å². The standard InChI is InChI=1S/C23H29N5O6/c1-12(2)33-23-25-15(5)8-18(26-23)22-27-21(28-34-22)16-6-13(3)20(14(4)7-16)32-11-17(30)9-24-19(31)10-29/h6-8,12,17,29-30H,9-11H2,1-5H3,(H,24,31)/t17-/m1/s1. The summed E-state index contributed by atoms with van der Waals surface area (Å²) in [4.78, 5) is 24.2. The number of hydrogen-bond donors (Lipinski definition) is 3. The molecule has 11 heteroatoms. The molecule has 0 aliphatic carbocycles. The van der Waals surface area contributed by atoms with Crippen LogP contribution in [-0.4, -0.2) is 68.2 Å². The monoisotopic (exact) mass is 471 g/mol. The first-order valence-electron chi connectivity index (χ1n) is 10.8. The van der Waals surface area contributed by atoms with Gasteiger partial charge in [-0.25, -0.2) is 4.98 Å². The van der Waals surface area contributed by atoms with Crippen LogP contribution in [0.25, 0.3) is 23.0 Å². The van der Waals surface area contributed by atoms with Gasteiger partial charge >= 0.3 is 6.01 Å². The molecule has 3 rings (SSSR count). The Morgan fingerprint density at radius 1 is 1.12 bits per heavy atom. The first kappa shape index (κ1) is 25.1. The second-order valence-corrected chi connectivity index (χ2v) is 8.13. The van der Waals surface area contributed by atoms with Gasteiger partial charge in [0.25, 0.3) is 5.89 Å². The summed E-state index contributed by atoms with van der Waals surface area (Å²) in [5.41, 5.74) is 3.55. The smallest absolute Gasteiger partial charge is 0.317 e. The van der Waals surface area contributed by atoms with Gasteiger partial charge in [0.15, 0.2) is 0 Å². The van der Waals surface area contributed by atoms with Crippen molar-refractivity contribution in [1.82, 2.24) is 25.4 Å². The van der Waals surface area contributed by atoms with Crippen molar-refractivity contribution in [1.29, 1.82) is 0 Å². The lowest BCUT2D eigenvalue weighted by Crippen LogP contribution is -2.36. The number of aliphatic hydroxyl groups excluding tert-OH is 2. The van der Waals surface area contributed by atoms with E-state index in [9.17, 15) is 9.90 Å². The molecule has 0 spiro atoms. The van der Waals surface area contributed by atoms with Gasteiger partial charge in [0, 0.05) is 17.8 Å². The van der Waals surface area contributed by atoms with Gasteiger partial charge in [-0.2, -0.15) is 9.97 Å². The normalized spacial score (nSPS) is 12.0. The van der Waals surface area contributed by atoms with Gasteiger partial charge in [-0.15, -0.1) is 0 Å². The van der Waals surface area contributed by atoms with Gasteiger partial charge in [0.05, 0.1) is 6.10 Å². The van der Waals surface area contributed by atoms with E-state index in [0.29, 0.717) is 23.0 Å². The van der Waals surface area contributed by atoms with E-state index in [1.54, 1.807) is 6.07 Å². The minimum Gasteiger partial charge on any atom is -0.490 e. The van der Waals surface area contributed by atoms with Crippen LogP contribution in [0.5, 0.6) is 11.8 Å². The highest BCUT2D eigenvalue weighted by Gasteiger charge is 2.17. The molecule has 3 aromatic rings. The highest BCUT2D eigenvalue weighted by atomic mass is 16.5. The van der Waals surface area contributed by atoms with Gasteiger partial charge < -0.3 is 29.5 Å². The number of hydrogen-bond acceptors (Lipinski definition) is 10. The number of carbonyl (C=O) groups excluding carboxylic acids is 1. The molecule has 1 amide bonds. The Labute approximate surface area is 197 Å². The van der Waals surface area contributed by atoms with Crippen LogP contribution in [0, 0.1) is 20.8 Å². The molecular weight excluding hydrogens is 442 g/mol. The quantitative estimate of drug-likeness (QED) is 0.398. The molecule has 0 saturated carbocycles. The second kappa shape index (κ2) is 11.0. The molecular formula is C23H29N5O6. The molecule has 0 saturated heterocycles. The molecule has 182 valence electrons. The number of nitrogens with zero attached hydrogens (tertiary/aromatic N) is 4. The van der Waals surface area contributed by atoms with Crippen molar-refractivity contribution < 1.29 is 29.0 Å². The molecule has 1 atom stereocenters. The van der Waals surface area contributed by atoms with Gasteiger partial charge in [0.1, 0.15) is 30.8 Å². The summed E-state index contributed by atoms with van der Waals surface area (Å²) in [7, 11) is 0. The summed E-state index contributed by atoms with van der Waals surface area (Å²) in [6.45, 7) is 8.69. The van der Waals surface area contributed by atoms with Gasteiger partial charge in [-0.1, -0.05) is 5.16 Å². The van der Waals surface area contributed by atoms with Crippen LogP contribution >= 0.6 is 0 Å². The topological polar surface area (TPSA) is 153 Å². The van der Waals surface area contributed by atoms with Crippen LogP contribution in [-0.2, 0) is 4.79 Å². The minimum absolute atomic E-state index is 0.0202. The summed E-state index contributed by atoms with van der Waals surface area (Å²) in [6, 6.07) is 5.70. The number of aliphatic hydroxyl groups is 2. The second-order valence-electron chi connectivity index (χ2n) is 8.13. The number of nitrogens with one attached hydrogen (secondary N) is 1. The minimum atomic E-state index is -0.922. The third-order valence-electron chi connectivity index (χ3n) is 4.64. The van der Waals surface area contributed by atoms with Crippen molar-refractivity contribution in [2.45, 2.75) is 46.8 Å². The number of carbonyl (C=O) groups is 1. The first-order chi connectivity index (χ1) is 16.2. The maximum absolute atomic E-state index is 11.1. The molecule has 11 nitrogen and oxygen atoms in total. The molecule has 0 radical (unpaired) electrons. The van der Waals surface area contributed by atoms with E-state index in [2.05, 4.69) is 25.4 Å². The van der Waals surface area contributed by atoms with E-state index in [-0.39, 0.29) is 31.2 Å².